The first-order valence-corrected chi connectivity index (χ1v) is 14.4. The van der Waals surface area contributed by atoms with Crippen LogP contribution < -0.4 is 15.4 Å². The number of amidine groups is 1. The van der Waals surface area contributed by atoms with Gasteiger partial charge in [-0.2, -0.15) is 0 Å². The summed E-state index contributed by atoms with van der Waals surface area (Å²) in [5, 5.41) is 7.13. The molecule has 2 aliphatic heterocycles. The van der Waals surface area contributed by atoms with E-state index in [1.165, 1.54) is 16.7 Å². The Kier molecular flexibility index (Phi) is 8.27. The number of hydrogen-bond acceptors (Lipinski definition) is 5. The molecule has 0 aromatic heterocycles. The first-order chi connectivity index (χ1) is 19.2. The molecule has 210 valence electrons. The molecular weight excluding hydrogens is 496 g/mol. The number of nitrogens with zero attached hydrogens (tertiary/aromatic N) is 2. The second-order valence-electron chi connectivity index (χ2n) is 12.2. The Morgan fingerprint density at radius 2 is 1.68 bits per heavy atom. The zero-order valence-electron chi connectivity index (χ0n) is 24.4. The van der Waals surface area contributed by atoms with Crippen LogP contribution in [-0.2, 0) is 24.2 Å². The highest BCUT2D eigenvalue weighted by Crippen LogP contribution is 2.29. The van der Waals surface area contributed by atoms with Gasteiger partial charge in [0.05, 0.1) is 18.1 Å². The van der Waals surface area contributed by atoms with E-state index in [1.807, 2.05) is 43.9 Å². The lowest BCUT2D eigenvalue weighted by Gasteiger charge is -2.39. The summed E-state index contributed by atoms with van der Waals surface area (Å²) in [7, 11) is 0. The van der Waals surface area contributed by atoms with E-state index in [0.29, 0.717) is 13.0 Å². The number of rotatable bonds is 8. The molecule has 0 saturated heterocycles. The van der Waals surface area contributed by atoms with Crippen LogP contribution in [0.1, 0.15) is 62.9 Å². The summed E-state index contributed by atoms with van der Waals surface area (Å²) in [6, 6.07) is 26.7. The van der Waals surface area contributed by atoms with E-state index in [4.69, 9.17) is 9.73 Å². The minimum atomic E-state index is -0.353. The molecule has 3 aromatic rings. The van der Waals surface area contributed by atoms with Gasteiger partial charge in [0.15, 0.2) is 0 Å². The van der Waals surface area contributed by atoms with Crippen molar-refractivity contribution in [2.75, 3.05) is 6.54 Å². The predicted molar refractivity (Wildman–Crippen MR) is 162 cm³/mol. The summed E-state index contributed by atoms with van der Waals surface area (Å²) in [5.41, 5.74) is 4.53. The Bertz CT molecular complexity index is 1330. The van der Waals surface area contributed by atoms with Gasteiger partial charge >= 0.3 is 0 Å². The van der Waals surface area contributed by atoms with Gasteiger partial charge in [-0.25, -0.2) is 0 Å². The van der Waals surface area contributed by atoms with Crippen LogP contribution in [-0.4, -0.2) is 46.9 Å². The van der Waals surface area contributed by atoms with Gasteiger partial charge in [-0.1, -0.05) is 80.6 Å². The quantitative estimate of drug-likeness (QED) is 0.399. The fourth-order valence-electron chi connectivity index (χ4n) is 5.63. The number of ether oxygens (including phenoxy) is 1. The van der Waals surface area contributed by atoms with Crippen LogP contribution in [0.5, 0.6) is 5.75 Å². The number of amides is 1. The molecule has 2 N–H and O–H groups in total. The summed E-state index contributed by atoms with van der Waals surface area (Å²) in [4.78, 5) is 21.5. The van der Waals surface area contributed by atoms with Gasteiger partial charge in [-0.3, -0.25) is 9.79 Å². The molecule has 0 fully saturated rings. The van der Waals surface area contributed by atoms with E-state index in [-0.39, 0.29) is 35.7 Å². The minimum Gasteiger partial charge on any atom is -0.488 e. The fraction of sp³-hybridized carbons (Fsp3) is 0.412. The molecular formula is C34H42N4O2. The highest BCUT2D eigenvalue weighted by atomic mass is 16.5. The SMILES string of the molecule is CC(C)N[C@@H](Cc1ccc(OC(C)(C)C)cc1)C(=O)N1Cc2ccccc2C[C@H]1C1=NC(c2ccccc2)CN1. The second-order valence-corrected chi connectivity index (χ2v) is 12.2. The summed E-state index contributed by atoms with van der Waals surface area (Å²) in [5.74, 6) is 1.85. The van der Waals surface area contributed by atoms with E-state index in [0.717, 1.165) is 30.1 Å². The van der Waals surface area contributed by atoms with Gasteiger partial charge in [0.1, 0.15) is 17.2 Å². The molecule has 3 atom stereocenters. The molecule has 0 bridgehead atoms. The third-order valence-electron chi connectivity index (χ3n) is 7.42. The van der Waals surface area contributed by atoms with Crippen molar-refractivity contribution in [2.45, 2.75) is 83.8 Å². The van der Waals surface area contributed by atoms with Gasteiger partial charge in [0.2, 0.25) is 5.91 Å². The lowest BCUT2D eigenvalue weighted by molar-refractivity contribution is -0.135. The Balaban J connectivity index is 1.41. The molecule has 40 heavy (non-hydrogen) atoms. The van der Waals surface area contributed by atoms with Crippen molar-refractivity contribution in [1.29, 1.82) is 0 Å². The standard InChI is InChI=1S/C34H42N4O2/c1-23(2)36-29(19-24-15-17-28(18-16-24)40-34(3,4)5)33(39)38-22-27-14-10-9-13-26(27)20-31(38)32-35-21-30(37-32)25-11-7-6-8-12-25/h6-18,23,29-31,36H,19-22H2,1-5H3,(H,35,37)/t29-,30?,31-/m0/s1. The molecule has 3 aromatic carbocycles. The van der Waals surface area contributed by atoms with Crippen LogP contribution in [0.15, 0.2) is 83.9 Å². The van der Waals surface area contributed by atoms with Gasteiger partial charge < -0.3 is 20.3 Å². The third-order valence-corrected chi connectivity index (χ3v) is 7.42. The van der Waals surface area contributed by atoms with Crippen LogP contribution in [0.4, 0.5) is 0 Å². The number of hydrogen-bond donors (Lipinski definition) is 2. The van der Waals surface area contributed by atoms with Crippen LogP contribution in [0.2, 0.25) is 0 Å². The maximum Gasteiger partial charge on any atom is 0.240 e. The molecule has 2 heterocycles. The normalized spacial score (nSPS) is 19.6. The topological polar surface area (TPSA) is 66.0 Å². The molecule has 5 rings (SSSR count). The first-order valence-electron chi connectivity index (χ1n) is 14.4. The van der Waals surface area contributed by atoms with Crippen LogP contribution in [0.3, 0.4) is 0 Å². The van der Waals surface area contributed by atoms with Gasteiger partial charge in [-0.15, -0.1) is 0 Å². The molecule has 2 aliphatic rings. The maximum atomic E-state index is 14.4. The van der Waals surface area contributed by atoms with Crippen LogP contribution in [0.25, 0.3) is 0 Å². The van der Waals surface area contributed by atoms with E-state index in [9.17, 15) is 4.79 Å². The molecule has 0 saturated carbocycles. The average Bonchev–Trinajstić information content (AvgIpc) is 3.42. The molecule has 1 amide bonds. The zero-order valence-corrected chi connectivity index (χ0v) is 24.4. The van der Waals surface area contributed by atoms with E-state index in [2.05, 4.69) is 85.1 Å². The second kappa shape index (κ2) is 11.8. The lowest BCUT2D eigenvalue weighted by Crippen LogP contribution is -2.57. The molecule has 0 radical (unpaired) electrons. The molecule has 1 unspecified atom stereocenters. The van der Waals surface area contributed by atoms with E-state index < -0.39 is 0 Å². The Labute approximate surface area is 238 Å². The summed E-state index contributed by atoms with van der Waals surface area (Å²) in [6.45, 7) is 11.6. The summed E-state index contributed by atoms with van der Waals surface area (Å²) < 4.78 is 6.00. The van der Waals surface area contributed by atoms with Gasteiger partial charge in [0.25, 0.3) is 0 Å². The number of fused-ring (bicyclic) bond motifs is 1. The van der Waals surface area contributed by atoms with Crippen molar-refractivity contribution in [2.24, 2.45) is 4.99 Å². The third kappa shape index (κ3) is 6.73. The first kappa shape index (κ1) is 27.9. The van der Waals surface area contributed by atoms with Crippen LogP contribution >= 0.6 is 0 Å². The molecule has 0 aliphatic carbocycles. The predicted octanol–water partition coefficient (Wildman–Crippen LogP) is 5.47. The van der Waals surface area contributed by atoms with E-state index >= 15 is 0 Å². The minimum absolute atomic E-state index is 0.0590. The van der Waals surface area contributed by atoms with Crippen molar-refractivity contribution in [3.05, 3.63) is 101 Å². The average molecular weight is 539 g/mol. The number of benzene rings is 3. The van der Waals surface area contributed by atoms with E-state index in [1.54, 1.807) is 0 Å². The zero-order chi connectivity index (χ0) is 28.3. The number of nitrogens with one attached hydrogen (secondary N) is 2. The van der Waals surface area contributed by atoms with Gasteiger partial charge in [-0.05, 0) is 61.6 Å². The molecule has 6 nitrogen and oxygen atoms in total. The van der Waals surface area contributed by atoms with Crippen molar-refractivity contribution in [1.82, 2.24) is 15.5 Å². The highest BCUT2D eigenvalue weighted by Gasteiger charge is 2.38. The number of aliphatic imine (C=N–C) groups is 1. The lowest BCUT2D eigenvalue weighted by atomic mass is 9.92. The van der Waals surface area contributed by atoms with Gasteiger partial charge in [0, 0.05) is 25.6 Å². The van der Waals surface area contributed by atoms with Crippen molar-refractivity contribution in [3.8, 4) is 5.75 Å². The Morgan fingerprint density at radius 3 is 2.35 bits per heavy atom. The maximum absolute atomic E-state index is 14.4. The molecule has 6 heteroatoms. The van der Waals surface area contributed by atoms with Crippen LogP contribution in [0, 0.1) is 0 Å². The fourth-order valence-corrected chi connectivity index (χ4v) is 5.63. The monoisotopic (exact) mass is 538 g/mol. The van der Waals surface area contributed by atoms with Crippen molar-refractivity contribution < 1.29 is 9.53 Å². The Hall–Kier alpha value is -3.64. The number of carbonyl (C=O) groups is 1. The molecule has 0 spiro atoms. The van der Waals surface area contributed by atoms with Crippen molar-refractivity contribution in [3.63, 3.8) is 0 Å². The largest absolute Gasteiger partial charge is 0.488 e. The smallest absolute Gasteiger partial charge is 0.240 e. The van der Waals surface area contributed by atoms with Crippen molar-refractivity contribution >= 4 is 11.7 Å². The highest BCUT2D eigenvalue weighted by molar-refractivity contribution is 5.94. The number of carbonyl (C=O) groups excluding carboxylic acids is 1. The Morgan fingerprint density at radius 1 is 1.00 bits per heavy atom. The summed E-state index contributed by atoms with van der Waals surface area (Å²) >= 11 is 0. The summed E-state index contributed by atoms with van der Waals surface area (Å²) in [6.07, 6.45) is 1.35.